The van der Waals surface area contributed by atoms with Gasteiger partial charge in [-0.25, -0.2) is 12.7 Å². The molecule has 0 unspecified atom stereocenters. The maximum atomic E-state index is 12.6. The number of amides is 2. The van der Waals surface area contributed by atoms with Gasteiger partial charge in [0.05, 0.1) is 18.7 Å². The molecule has 0 spiro atoms. The average Bonchev–Trinajstić information content (AvgIpc) is 2.65. The number of nitrogens with zero attached hydrogens (tertiary/aromatic N) is 2. The molecule has 3 rings (SSSR count). The van der Waals surface area contributed by atoms with Gasteiger partial charge in [-0.3, -0.25) is 14.5 Å². The fraction of sp³-hybridized carbons (Fsp3) is 0.579. The van der Waals surface area contributed by atoms with Gasteiger partial charge < -0.3 is 10.6 Å². The normalized spacial score (nSPS) is 22.6. The third-order valence-electron chi connectivity index (χ3n) is 5.34. The zero-order chi connectivity index (χ0) is 20.1. The summed E-state index contributed by atoms with van der Waals surface area (Å²) >= 11 is 0. The number of hydrogen-bond donors (Lipinski definition) is 2. The lowest BCUT2D eigenvalue weighted by Crippen LogP contribution is -2.56. The minimum absolute atomic E-state index is 0.0558. The topological polar surface area (TPSA) is 98.8 Å². The van der Waals surface area contributed by atoms with Crippen LogP contribution in [0.1, 0.15) is 24.8 Å². The molecule has 0 radical (unpaired) electrons. The highest BCUT2D eigenvalue weighted by Crippen LogP contribution is 2.16. The molecular weight excluding hydrogens is 380 g/mol. The van der Waals surface area contributed by atoms with Crippen LogP contribution in [0, 0.1) is 0 Å². The van der Waals surface area contributed by atoms with Crippen LogP contribution in [0.15, 0.2) is 30.3 Å². The predicted octanol–water partition coefficient (Wildman–Crippen LogP) is -0.0827. The molecule has 2 heterocycles. The zero-order valence-electron chi connectivity index (χ0n) is 16.1. The number of piperazine rings is 1. The van der Waals surface area contributed by atoms with Crippen molar-refractivity contribution in [2.45, 2.75) is 37.9 Å². The van der Waals surface area contributed by atoms with E-state index in [0.29, 0.717) is 45.6 Å². The molecule has 9 heteroatoms. The second-order valence-electron chi connectivity index (χ2n) is 7.47. The zero-order valence-corrected chi connectivity index (χ0v) is 17.0. The molecule has 2 fully saturated rings. The number of carbonyl (C=O) groups is 2. The minimum Gasteiger partial charge on any atom is -0.353 e. The Balaban J connectivity index is 1.54. The quantitative estimate of drug-likeness (QED) is 0.686. The highest BCUT2D eigenvalue weighted by Gasteiger charge is 2.33. The third-order valence-corrected chi connectivity index (χ3v) is 6.64. The summed E-state index contributed by atoms with van der Waals surface area (Å²) in [5.74, 6) is -0.290. The molecule has 0 aromatic heterocycles. The molecular formula is C19H28N4O4S. The van der Waals surface area contributed by atoms with Gasteiger partial charge in [0.2, 0.25) is 21.8 Å². The maximum absolute atomic E-state index is 12.6. The van der Waals surface area contributed by atoms with Crippen molar-refractivity contribution in [3.63, 3.8) is 0 Å². The molecule has 154 valence electrons. The first-order valence-corrected chi connectivity index (χ1v) is 11.5. The van der Waals surface area contributed by atoms with Crippen molar-refractivity contribution >= 4 is 21.8 Å². The SMILES string of the molecule is CS(=O)(=O)N1CCC(NC(=O)C[C@H]2C(=O)NCCN2Cc2ccccc2)CC1. The van der Waals surface area contributed by atoms with Crippen molar-refractivity contribution in [3.8, 4) is 0 Å². The van der Waals surface area contributed by atoms with Gasteiger partial charge in [-0.15, -0.1) is 0 Å². The van der Waals surface area contributed by atoms with E-state index in [9.17, 15) is 18.0 Å². The highest BCUT2D eigenvalue weighted by molar-refractivity contribution is 7.88. The van der Waals surface area contributed by atoms with Gasteiger partial charge in [-0.1, -0.05) is 30.3 Å². The van der Waals surface area contributed by atoms with Crippen LogP contribution in [0.2, 0.25) is 0 Å². The summed E-state index contributed by atoms with van der Waals surface area (Å²) in [6.07, 6.45) is 2.48. The van der Waals surface area contributed by atoms with E-state index in [1.165, 1.54) is 10.6 Å². The van der Waals surface area contributed by atoms with Crippen molar-refractivity contribution in [2.24, 2.45) is 0 Å². The molecule has 0 saturated carbocycles. The average molecular weight is 409 g/mol. The first-order chi connectivity index (χ1) is 13.3. The second kappa shape index (κ2) is 9.02. The maximum Gasteiger partial charge on any atom is 0.237 e. The first-order valence-electron chi connectivity index (χ1n) is 9.63. The molecule has 1 atom stereocenters. The largest absolute Gasteiger partial charge is 0.353 e. The standard InChI is InChI=1S/C19H28N4O4S/c1-28(26,27)23-10-7-16(8-11-23)21-18(24)13-17-19(25)20-9-12-22(17)14-15-5-3-2-4-6-15/h2-6,16-17H,7-14H2,1H3,(H,20,25)(H,21,24)/t17-/m0/s1. The summed E-state index contributed by atoms with van der Waals surface area (Å²) < 4.78 is 24.6. The van der Waals surface area contributed by atoms with Crippen LogP contribution in [0.5, 0.6) is 0 Å². The van der Waals surface area contributed by atoms with Crippen LogP contribution in [-0.4, -0.2) is 74.0 Å². The molecule has 2 aliphatic heterocycles. The number of piperidine rings is 1. The van der Waals surface area contributed by atoms with Crippen molar-refractivity contribution in [3.05, 3.63) is 35.9 Å². The van der Waals surface area contributed by atoms with Crippen LogP contribution < -0.4 is 10.6 Å². The predicted molar refractivity (Wildman–Crippen MR) is 106 cm³/mol. The molecule has 0 bridgehead atoms. The monoisotopic (exact) mass is 408 g/mol. The lowest BCUT2D eigenvalue weighted by molar-refractivity contribution is -0.134. The molecule has 1 aromatic rings. The number of carbonyl (C=O) groups excluding carboxylic acids is 2. The van der Waals surface area contributed by atoms with Crippen molar-refractivity contribution in [1.82, 2.24) is 19.8 Å². The fourth-order valence-electron chi connectivity index (χ4n) is 3.79. The van der Waals surface area contributed by atoms with Crippen LogP contribution in [0.4, 0.5) is 0 Å². The van der Waals surface area contributed by atoms with Gasteiger partial charge in [-0.2, -0.15) is 0 Å². The lowest BCUT2D eigenvalue weighted by atomic mass is 10.0. The number of nitrogens with one attached hydrogen (secondary N) is 2. The van der Waals surface area contributed by atoms with E-state index in [-0.39, 0.29) is 24.3 Å². The van der Waals surface area contributed by atoms with E-state index >= 15 is 0 Å². The third kappa shape index (κ3) is 5.52. The summed E-state index contributed by atoms with van der Waals surface area (Å²) in [4.78, 5) is 27.0. The van der Waals surface area contributed by atoms with Crippen LogP contribution in [0.3, 0.4) is 0 Å². The fourth-order valence-corrected chi connectivity index (χ4v) is 4.66. The van der Waals surface area contributed by atoms with Gasteiger partial charge in [0.25, 0.3) is 0 Å². The lowest BCUT2D eigenvalue weighted by Gasteiger charge is -2.35. The Morgan fingerprint density at radius 2 is 1.86 bits per heavy atom. The van der Waals surface area contributed by atoms with Crippen molar-refractivity contribution in [1.29, 1.82) is 0 Å². The number of rotatable bonds is 6. The van der Waals surface area contributed by atoms with E-state index in [2.05, 4.69) is 10.6 Å². The van der Waals surface area contributed by atoms with Gasteiger partial charge in [-0.05, 0) is 18.4 Å². The van der Waals surface area contributed by atoms with Gasteiger partial charge >= 0.3 is 0 Å². The number of sulfonamides is 1. The molecule has 8 nitrogen and oxygen atoms in total. The smallest absolute Gasteiger partial charge is 0.237 e. The summed E-state index contributed by atoms with van der Waals surface area (Å²) in [5, 5.41) is 5.82. The second-order valence-corrected chi connectivity index (χ2v) is 9.45. The Morgan fingerprint density at radius 3 is 2.50 bits per heavy atom. The first kappa shape index (κ1) is 20.8. The van der Waals surface area contributed by atoms with Crippen LogP contribution in [0.25, 0.3) is 0 Å². The molecule has 2 N–H and O–H groups in total. The van der Waals surface area contributed by atoms with E-state index < -0.39 is 16.1 Å². The van der Waals surface area contributed by atoms with E-state index in [0.717, 1.165) is 5.56 Å². The molecule has 2 aliphatic rings. The van der Waals surface area contributed by atoms with Crippen molar-refractivity contribution in [2.75, 3.05) is 32.4 Å². The molecule has 1 aromatic carbocycles. The van der Waals surface area contributed by atoms with Crippen LogP contribution >= 0.6 is 0 Å². The molecule has 0 aliphatic carbocycles. The Labute approximate surface area is 166 Å². The van der Waals surface area contributed by atoms with Gasteiger partial charge in [0.1, 0.15) is 0 Å². The summed E-state index contributed by atoms with van der Waals surface area (Å²) in [5.41, 5.74) is 1.11. The van der Waals surface area contributed by atoms with Crippen molar-refractivity contribution < 1.29 is 18.0 Å². The van der Waals surface area contributed by atoms with Crippen LogP contribution in [-0.2, 0) is 26.2 Å². The van der Waals surface area contributed by atoms with E-state index in [1.807, 2.05) is 35.2 Å². The minimum atomic E-state index is -3.18. The number of hydrogen-bond acceptors (Lipinski definition) is 5. The molecule has 2 amide bonds. The Kier molecular flexibility index (Phi) is 6.69. The Morgan fingerprint density at radius 1 is 1.18 bits per heavy atom. The Bertz CT molecular complexity index is 791. The molecule has 2 saturated heterocycles. The van der Waals surface area contributed by atoms with Gasteiger partial charge in [0, 0.05) is 38.8 Å². The summed E-state index contributed by atoms with van der Waals surface area (Å²) in [7, 11) is -3.18. The number of benzene rings is 1. The summed E-state index contributed by atoms with van der Waals surface area (Å²) in [6, 6.07) is 9.35. The highest BCUT2D eigenvalue weighted by atomic mass is 32.2. The summed E-state index contributed by atoms with van der Waals surface area (Å²) in [6.45, 7) is 2.72. The van der Waals surface area contributed by atoms with E-state index in [1.54, 1.807) is 0 Å². The van der Waals surface area contributed by atoms with E-state index in [4.69, 9.17) is 0 Å². The molecule has 28 heavy (non-hydrogen) atoms. The Hall–Kier alpha value is -1.97. The van der Waals surface area contributed by atoms with Gasteiger partial charge in [0.15, 0.2) is 0 Å².